The molecular weight excluding hydrogens is 182 g/mol. The SMILES string of the molecule is CCCC(Nc1cccnn1)C(=O)O. The summed E-state index contributed by atoms with van der Waals surface area (Å²) in [6, 6.07) is 2.82. The smallest absolute Gasteiger partial charge is 0.326 e. The normalized spacial score (nSPS) is 12.1. The van der Waals surface area contributed by atoms with E-state index in [0.29, 0.717) is 12.2 Å². The Balaban J connectivity index is 2.60. The van der Waals surface area contributed by atoms with Gasteiger partial charge in [-0.25, -0.2) is 4.79 Å². The molecule has 0 aliphatic rings. The highest BCUT2D eigenvalue weighted by atomic mass is 16.4. The maximum absolute atomic E-state index is 10.8. The van der Waals surface area contributed by atoms with Gasteiger partial charge in [0.05, 0.1) is 0 Å². The van der Waals surface area contributed by atoms with Gasteiger partial charge in [0, 0.05) is 6.20 Å². The average molecular weight is 195 g/mol. The van der Waals surface area contributed by atoms with Crippen molar-refractivity contribution >= 4 is 11.8 Å². The lowest BCUT2D eigenvalue weighted by atomic mass is 10.2. The average Bonchev–Trinajstić information content (AvgIpc) is 2.18. The zero-order chi connectivity index (χ0) is 10.4. The van der Waals surface area contributed by atoms with E-state index in [1.165, 1.54) is 0 Å². The molecule has 1 atom stereocenters. The van der Waals surface area contributed by atoms with Crippen LogP contribution in [0.25, 0.3) is 0 Å². The van der Waals surface area contributed by atoms with Crippen molar-refractivity contribution in [2.75, 3.05) is 5.32 Å². The van der Waals surface area contributed by atoms with Crippen LogP contribution >= 0.6 is 0 Å². The zero-order valence-corrected chi connectivity index (χ0v) is 7.97. The summed E-state index contributed by atoms with van der Waals surface area (Å²) in [6.07, 6.45) is 2.93. The van der Waals surface area contributed by atoms with E-state index in [-0.39, 0.29) is 0 Å². The molecule has 1 rings (SSSR count). The third-order valence-electron chi connectivity index (χ3n) is 1.77. The molecule has 0 aromatic carbocycles. The maximum Gasteiger partial charge on any atom is 0.326 e. The lowest BCUT2D eigenvalue weighted by Crippen LogP contribution is -2.29. The molecule has 5 heteroatoms. The van der Waals surface area contributed by atoms with Crippen LogP contribution in [0.2, 0.25) is 0 Å². The summed E-state index contributed by atoms with van der Waals surface area (Å²) in [5.41, 5.74) is 0. The minimum absolute atomic E-state index is 0.494. The van der Waals surface area contributed by atoms with Crippen molar-refractivity contribution in [3.8, 4) is 0 Å². The molecule has 76 valence electrons. The van der Waals surface area contributed by atoms with Gasteiger partial charge >= 0.3 is 5.97 Å². The molecule has 0 aliphatic heterocycles. The molecule has 14 heavy (non-hydrogen) atoms. The van der Waals surface area contributed by atoms with Crippen molar-refractivity contribution in [2.45, 2.75) is 25.8 Å². The van der Waals surface area contributed by atoms with Crippen LogP contribution in [0, 0.1) is 0 Å². The third-order valence-corrected chi connectivity index (χ3v) is 1.77. The summed E-state index contributed by atoms with van der Waals surface area (Å²) in [4.78, 5) is 10.8. The summed E-state index contributed by atoms with van der Waals surface area (Å²) in [7, 11) is 0. The van der Waals surface area contributed by atoms with Gasteiger partial charge in [0.25, 0.3) is 0 Å². The van der Waals surface area contributed by atoms with Crippen LogP contribution in [-0.4, -0.2) is 27.3 Å². The highest BCUT2D eigenvalue weighted by Crippen LogP contribution is 2.06. The molecule has 0 spiro atoms. The van der Waals surface area contributed by atoms with Gasteiger partial charge in [-0.1, -0.05) is 13.3 Å². The topological polar surface area (TPSA) is 75.1 Å². The van der Waals surface area contributed by atoms with E-state index in [4.69, 9.17) is 5.11 Å². The van der Waals surface area contributed by atoms with Crippen molar-refractivity contribution in [1.29, 1.82) is 0 Å². The van der Waals surface area contributed by atoms with Gasteiger partial charge in [-0.3, -0.25) is 0 Å². The van der Waals surface area contributed by atoms with Crippen LogP contribution in [-0.2, 0) is 4.79 Å². The number of hydrogen-bond acceptors (Lipinski definition) is 4. The Labute approximate surface area is 82.2 Å². The Bertz CT molecular complexity index is 289. The van der Waals surface area contributed by atoms with Crippen molar-refractivity contribution in [3.63, 3.8) is 0 Å². The summed E-state index contributed by atoms with van der Waals surface area (Å²) >= 11 is 0. The second-order valence-electron chi connectivity index (χ2n) is 2.93. The summed E-state index contributed by atoms with van der Waals surface area (Å²) < 4.78 is 0. The van der Waals surface area contributed by atoms with Gasteiger partial charge in [0.1, 0.15) is 11.9 Å². The molecule has 0 amide bonds. The van der Waals surface area contributed by atoms with Gasteiger partial charge < -0.3 is 10.4 Å². The van der Waals surface area contributed by atoms with E-state index < -0.39 is 12.0 Å². The standard InChI is InChI=1S/C9H13N3O2/c1-2-4-7(9(13)14)11-8-5-3-6-10-12-8/h3,5-7H,2,4H2,1H3,(H,11,12)(H,13,14). The number of carboxylic acids is 1. The quantitative estimate of drug-likeness (QED) is 0.736. The van der Waals surface area contributed by atoms with Gasteiger partial charge in [0.15, 0.2) is 0 Å². The number of rotatable bonds is 5. The van der Waals surface area contributed by atoms with Gasteiger partial charge in [0.2, 0.25) is 0 Å². The zero-order valence-electron chi connectivity index (χ0n) is 7.97. The number of nitrogens with zero attached hydrogens (tertiary/aromatic N) is 2. The molecule has 5 nitrogen and oxygen atoms in total. The minimum atomic E-state index is -0.863. The fraction of sp³-hybridized carbons (Fsp3) is 0.444. The minimum Gasteiger partial charge on any atom is -0.480 e. The Hall–Kier alpha value is -1.65. The maximum atomic E-state index is 10.8. The number of carbonyl (C=O) groups is 1. The van der Waals surface area contributed by atoms with Crippen LogP contribution in [0.1, 0.15) is 19.8 Å². The molecule has 0 bridgehead atoms. The summed E-state index contributed by atoms with van der Waals surface area (Å²) in [6.45, 7) is 1.94. The van der Waals surface area contributed by atoms with E-state index in [9.17, 15) is 4.79 Å². The highest BCUT2D eigenvalue weighted by Gasteiger charge is 2.15. The molecule has 0 saturated heterocycles. The summed E-state index contributed by atoms with van der Waals surface area (Å²) in [5.74, 6) is -0.370. The fourth-order valence-corrected chi connectivity index (χ4v) is 1.10. The van der Waals surface area contributed by atoms with Crippen molar-refractivity contribution in [1.82, 2.24) is 10.2 Å². The van der Waals surface area contributed by atoms with Gasteiger partial charge in [-0.15, -0.1) is 5.10 Å². The number of aliphatic carboxylic acids is 1. The molecule has 1 aromatic rings. The first kappa shape index (κ1) is 10.4. The Morgan fingerprint density at radius 1 is 1.71 bits per heavy atom. The largest absolute Gasteiger partial charge is 0.480 e. The van der Waals surface area contributed by atoms with Crippen molar-refractivity contribution in [3.05, 3.63) is 18.3 Å². The molecule has 1 heterocycles. The number of carboxylic acid groups (broad SMARTS) is 1. The molecule has 2 N–H and O–H groups in total. The lowest BCUT2D eigenvalue weighted by molar-refractivity contribution is -0.138. The molecule has 0 fully saturated rings. The first-order chi connectivity index (χ1) is 6.74. The van der Waals surface area contributed by atoms with Crippen molar-refractivity contribution < 1.29 is 9.90 Å². The Kier molecular flexibility index (Phi) is 3.84. The molecule has 1 aromatic heterocycles. The molecule has 0 radical (unpaired) electrons. The monoisotopic (exact) mass is 195 g/mol. The van der Waals surface area contributed by atoms with Crippen LogP contribution in [0.3, 0.4) is 0 Å². The second kappa shape index (κ2) is 5.16. The van der Waals surface area contributed by atoms with E-state index in [1.54, 1.807) is 18.3 Å². The van der Waals surface area contributed by atoms with E-state index in [0.717, 1.165) is 6.42 Å². The van der Waals surface area contributed by atoms with Crippen molar-refractivity contribution in [2.24, 2.45) is 0 Å². The van der Waals surface area contributed by atoms with Crippen LogP contribution < -0.4 is 5.32 Å². The first-order valence-electron chi connectivity index (χ1n) is 4.51. The molecule has 0 aliphatic carbocycles. The Morgan fingerprint density at radius 3 is 3.00 bits per heavy atom. The third kappa shape index (κ3) is 3.01. The predicted molar refractivity (Wildman–Crippen MR) is 52.0 cm³/mol. The number of aromatic nitrogens is 2. The van der Waals surface area contributed by atoms with Crippen LogP contribution in [0.15, 0.2) is 18.3 Å². The van der Waals surface area contributed by atoms with Gasteiger partial charge in [-0.2, -0.15) is 5.10 Å². The van der Waals surface area contributed by atoms with E-state index in [1.807, 2.05) is 6.92 Å². The number of anilines is 1. The number of hydrogen-bond donors (Lipinski definition) is 2. The van der Waals surface area contributed by atoms with E-state index in [2.05, 4.69) is 15.5 Å². The highest BCUT2D eigenvalue weighted by molar-refractivity contribution is 5.76. The number of nitrogens with one attached hydrogen (secondary N) is 1. The predicted octanol–water partition coefficient (Wildman–Crippen LogP) is 1.14. The first-order valence-corrected chi connectivity index (χ1v) is 4.51. The Morgan fingerprint density at radius 2 is 2.50 bits per heavy atom. The molecular formula is C9H13N3O2. The van der Waals surface area contributed by atoms with Crippen LogP contribution in [0.5, 0.6) is 0 Å². The summed E-state index contributed by atoms with van der Waals surface area (Å²) in [5, 5.41) is 19.1. The van der Waals surface area contributed by atoms with E-state index >= 15 is 0 Å². The molecule has 1 unspecified atom stereocenters. The lowest BCUT2D eigenvalue weighted by Gasteiger charge is -2.12. The molecule has 0 saturated carbocycles. The van der Waals surface area contributed by atoms with Crippen LogP contribution in [0.4, 0.5) is 5.82 Å². The van der Waals surface area contributed by atoms with Gasteiger partial charge in [-0.05, 0) is 18.6 Å². The fourth-order valence-electron chi connectivity index (χ4n) is 1.10. The second-order valence-corrected chi connectivity index (χ2v) is 2.93.